The van der Waals surface area contributed by atoms with Gasteiger partial charge >= 0.3 is 5.97 Å². The van der Waals surface area contributed by atoms with Crippen molar-refractivity contribution >= 4 is 23.5 Å². The van der Waals surface area contributed by atoms with E-state index in [0.717, 1.165) is 0 Å². The van der Waals surface area contributed by atoms with Crippen LogP contribution in [-0.2, 0) is 9.53 Å². The molecule has 2 rings (SSSR count). The van der Waals surface area contributed by atoms with Crippen LogP contribution in [0, 0.1) is 12.8 Å². The maximum absolute atomic E-state index is 12.3. The maximum Gasteiger partial charge on any atom is 0.310 e. The van der Waals surface area contributed by atoms with Crippen molar-refractivity contribution in [2.45, 2.75) is 13.3 Å². The molecule has 2 heterocycles. The number of esters is 1. The summed E-state index contributed by atoms with van der Waals surface area (Å²) in [5.41, 5.74) is 1.20. The molecule has 0 bridgehead atoms. The molecule has 0 aromatic carbocycles. The van der Waals surface area contributed by atoms with Crippen molar-refractivity contribution in [3.8, 4) is 0 Å². The summed E-state index contributed by atoms with van der Waals surface area (Å²) < 4.78 is 4.70. The molecule has 0 aliphatic carbocycles. The first-order valence-corrected chi connectivity index (χ1v) is 6.40. The molecular weight excluding hydrogens is 268 g/mol. The highest BCUT2D eigenvalue weighted by Gasteiger charge is 2.32. The Morgan fingerprint density at radius 3 is 2.84 bits per heavy atom. The molecule has 0 N–H and O–H groups in total. The van der Waals surface area contributed by atoms with Crippen LogP contribution < -0.4 is 0 Å². The number of carbonyl (C=O) groups excluding carboxylic acids is 2. The second-order valence-electron chi connectivity index (χ2n) is 4.58. The normalized spacial score (nSPS) is 18.5. The number of pyridine rings is 1. The third-order valence-electron chi connectivity index (χ3n) is 3.18. The molecular formula is C13H15ClN2O3. The lowest BCUT2D eigenvalue weighted by atomic mass is 10.1. The van der Waals surface area contributed by atoms with Crippen molar-refractivity contribution in [2.75, 3.05) is 20.2 Å². The lowest BCUT2D eigenvalue weighted by Gasteiger charge is -2.16. The van der Waals surface area contributed by atoms with Gasteiger partial charge in [0.05, 0.1) is 13.0 Å². The van der Waals surface area contributed by atoms with Crippen molar-refractivity contribution in [3.05, 3.63) is 28.5 Å². The van der Waals surface area contributed by atoms with Crippen LogP contribution in [0.5, 0.6) is 0 Å². The van der Waals surface area contributed by atoms with E-state index < -0.39 is 0 Å². The molecule has 0 radical (unpaired) electrons. The molecule has 1 aromatic heterocycles. The second-order valence-corrected chi connectivity index (χ2v) is 4.97. The lowest BCUT2D eigenvalue weighted by Crippen LogP contribution is -2.30. The van der Waals surface area contributed by atoms with Crippen LogP contribution in [0.4, 0.5) is 0 Å². The number of nitrogens with zero attached hydrogens (tertiary/aromatic N) is 2. The van der Waals surface area contributed by atoms with Gasteiger partial charge in [-0.1, -0.05) is 11.6 Å². The Balaban J connectivity index is 2.11. The van der Waals surface area contributed by atoms with Crippen LogP contribution in [0.1, 0.15) is 22.5 Å². The Morgan fingerprint density at radius 2 is 2.21 bits per heavy atom. The van der Waals surface area contributed by atoms with E-state index in [1.807, 2.05) is 0 Å². The number of methoxy groups -OCH3 is 1. The number of halogens is 1. The average Bonchev–Trinajstić information content (AvgIpc) is 2.85. The Kier molecular flexibility index (Phi) is 4.04. The van der Waals surface area contributed by atoms with E-state index in [9.17, 15) is 9.59 Å². The molecule has 1 aromatic rings. The Morgan fingerprint density at radius 1 is 1.47 bits per heavy atom. The SMILES string of the molecule is COC(=O)C1CCN(C(=O)c2cc(C)nc(Cl)c2)C1. The first-order chi connectivity index (χ1) is 9.01. The van der Waals surface area contributed by atoms with Crippen LogP contribution in [0.25, 0.3) is 0 Å². The third-order valence-corrected chi connectivity index (χ3v) is 3.37. The predicted octanol–water partition coefficient (Wildman–Crippen LogP) is 1.68. The quantitative estimate of drug-likeness (QED) is 0.612. The van der Waals surface area contributed by atoms with Crippen LogP contribution in [0.3, 0.4) is 0 Å². The molecule has 1 unspecified atom stereocenters. The summed E-state index contributed by atoms with van der Waals surface area (Å²) in [6.45, 7) is 2.73. The van der Waals surface area contributed by atoms with Gasteiger partial charge in [-0.25, -0.2) is 4.98 Å². The third kappa shape index (κ3) is 3.04. The molecule has 1 saturated heterocycles. The van der Waals surface area contributed by atoms with Gasteiger partial charge in [0.15, 0.2) is 0 Å². The molecule has 1 amide bonds. The van der Waals surface area contributed by atoms with Crippen molar-refractivity contribution in [3.63, 3.8) is 0 Å². The molecule has 1 aliphatic heterocycles. The topological polar surface area (TPSA) is 59.5 Å². The monoisotopic (exact) mass is 282 g/mol. The van der Waals surface area contributed by atoms with E-state index >= 15 is 0 Å². The Labute approximate surface area is 116 Å². The van der Waals surface area contributed by atoms with Crippen molar-refractivity contribution in [1.29, 1.82) is 0 Å². The van der Waals surface area contributed by atoms with E-state index in [2.05, 4.69) is 4.98 Å². The summed E-state index contributed by atoms with van der Waals surface area (Å²) in [6.07, 6.45) is 0.635. The molecule has 0 saturated carbocycles. The Bertz CT molecular complexity index is 498. The lowest BCUT2D eigenvalue weighted by molar-refractivity contribution is -0.144. The molecule has 102 valence electrons. The minimum absolute atomic E-state index is 0.126. The summed E-state index contributed by atoms with van der Waals surface area (Å²) in [6, 6.07) is 3.24. The fraction of sp³-hybridized carbons (Fsp3) is 0.462. The van der Waals surface area contributed by atoms with E-state index in [0.29, 0.717) is 35.9 Å². The molecule has 1 atom stereocenters. The van der Waals surface area contributed by atoms with Gasteiger partial charge in [0.2, 0.25) is 0 Å². The van der Waals surface area contributed by atoms with E-state index in [4.69, 9.17) is 16.3 Å². The van der Waals surface area contributed by atoms with Gasteiger partial charge in [-0.15, -0.1) is 0 Å². The first kappa shape index (κ1) is 13.8. The van der Waals surface area contributed by atoms with Crippen molar-refractivity contribution in [1.82, 2.24) is 9.88 Å². The summed E-state index contributed by atoms with van der Waals surface area (Å²) in [4.78, 5) is 29.4. The highest BCUT2D eigenvalue weighted by molar-refractivity contribution is 6.29. The number of carbonyl (C=O) groups is 2. The molecule has 0 spiro atoms. The molecule has 6 heteroatoms. The van der Waals surface area contributed by atoms with Crippen LogP contribution in [-0.4, -0.2) is 42.0 Å². The number of likely N-dealkylation sites (tertiary alicyclic amines) is 1. The van der Waals surface area contributed by atoms with Gasteiger partial charge in [-0.05, 0) is 25.5 Å². The molecule has 19 heavy (non-hydrogen) atoms. The van der Waals surface area contributed by atoms with Gasteiger partial charge < -0.3 is 9.64 Å². The standard InChI is InChI=1S/C13H15ClN2O3/c1-8-5-10(6-11(14)15-8)12(17)16-4-3-9(7-16)13(18)19-2/h5-6,9H,3-4,7H2,1-2H3. The number of ether oxygens (including phenoxy) is 1. The van der Waals surface area contributed by atoms with Gasteiger partial charge in [-0.2, -0.15) is 0 Å². The van der Waals surface area contributed by atoms with E-state index in [-0.39, 0.29) is 17.8 Å². The van der Waals surface area contributed by atoms with Crippen molar-refractivity contribution in [2.24, 2.45) is 5.92 Å². The first-order valence-electron chi connectivity index (χ1n) is 6.02. The fourth-order valence-corrected chi connectivity index (χ4v) is 2.49. The smallest absolute Gasteiger partial charge is 0.310 e. The van der Waals surface area contributed by atoms with Crippen LogP contribution in [0.15, 0.2) is 12.1 Å². The molecule has 5 nitrogen and oxygen atoms in total. The molecule has 1 aliphatic rings. The minimum Gasteiger partial charge on any atom is -0.469 e. The average molecular weight is 283 g/mol. The predicted molar refractivity (Wildman–Crippen MR) is 70.0 cm³/mol. The fourth-order valence-electron chi connectivity index (χ4n) is 2.24. The number of hydrogen-bond acceptors (Lipinski definition) is 4. The van der Waals surface area contributed by atoms with E-state index in [1.54, 1.807) is 24.0 Å². The summed E-state index contributed by atoms with van der Waals surface area (Å²) >= 11 is 5.85. The zero-order valence-electron chi connectivity index (χ0n) is 10.9. The molecule has 1 fully saturated rings. The zero-order chi connectivity index (χ0) is 14.0. The van der Waals surface area contributed by atoms with Gasteiger partial charge in [-0.3, -0.25) is 9.59 Å². The summed E-state index contributed by atoms with van der Waals surface area (Å²) in [7, 11) is 1.36. The second kappa shape index (κ2) is 5.57. The number of hydrogen-bond donors (Lipinski definition) is 0. The highest BCUT2D eigenvalue weighted by atomic mass is 35.5. The minimum atomic E-state index is -0.265. The number of aryl methyl sites for hydroxylation is 1. The zero-order valence-corrected chi connectivity index (χ0v) is 11.6. The van der Waals surface area contributed by atoms with E-state index in [1.165, 1.54) is 7.11 Å². The number of aromatic nitrogens is 1. The highest BCUT2D eigenvalue weighted by Crippen LogP contribution is 2.21. The maximum atomic E-state index is 12.3. The Hall–Kier alpha value is -1.62. The van der Waals surface area contributed by atoms with Gasteiger partial charge in [0.25, 0.3) is 5.91 Å². The summed E-state index contributed by atoms with van der Waals surface area (Å²) in [5, 5.41) is 0.298. The van der Waals surface area contributed by atoms with Gasteiger partial charge in [0.1, 0.15) is 5.15 Å². The summed E-state index contributed by atoms with van der Waals surface area (Å²) in [5.74, 6) is -0.620. The van der Waals surface area contributed by atoms with Crippen LogP contribution in [0.2, 0.25) is 5.15 Å². The van der Waals surface area contributed by atoms with Crippen LogP contribution >= 0.6 is 11.6 Å². The van der Waals surface area contributed by atoms with Crippen molar-refractivity contribution < 1.29 is 14.3 Å². The largest absolute Gasteiger partial charge is 0.469 e. The van der Waals surface area contributed by atoms with Gasteiger partial charge in [0, 0.05) is 24.3 Å². The number of amides is 1. The number of rotatable bonds is 2.